The second-order valence-corrected chi connectivity index (χ2v) is 6.64. The fraction of sp³-hybridized carbons (Fsp3) is 0.588. The van der Waals surface area contributed by atoms with Crippen molar-refractivity contribution in [1.82, 2.24) is 25.1 Å². The summed E-state index contributed by atoms with van der Waals surface area (Å²) < 4.78 is 18.9. The Labute approximate surface area is 158 Å². The van der Waals surface area contributed by atoms with Gasteiger partial charge in [0, 0.05) is 43.3 Å². The van der Waals surface area contributed by atoms with Gasteiger partial charge in [0.05, 0.1) is 20.3 Å². The Morgan fingerprint density at radius 3 is 2.92 bits per heavy atom. The fourth-order valence-corrected chi connectivity index (χ4v) is 3.24. The Balaban J connectivity index is 1.79. The first-order valence-electron chi connectivity index (χ1n) is 8.67. The molecular formula is C17H24ClN5O3. The zero-order valence-corrected chi connectivity index (χ0v) is 16.1. The molecule has 1 saturated heterocycles. The van der Waals surface area contributed by atoms with Gasteiger partial charge in [-0.25, -0.2) is 4.68 Å². The summed E-state index contributed by atoms with van der Waals surface area (Å²) in [4.78, 5) is 2.28. The Bertz CT molecular complexity index is 739. The fourth-order valence-electron chi connectivity index (χ4n) is 3.01. The maximum absolute atomic E-state index is 6.27. The topological polar surface area (TPSA) is 74.5 Å². The summed E-state index contributed by atoms with van der Waals surface area (Å²) in [6, 6.07) is 3.72. The minimum absolute atomic E-state index is 0.162. The molecule has 0 aliphatic carbocycles. The molecule has 142 valence electrons. The maximum atomic E-state index is 6.27. The molecule has 1 aromatic heterocycles. The summed E-state index contributed by atoms with van der Waals surface area (Å²) in [6.07, 6.45) is 0.758. The highest BCUT2D eigenvalue weighted by molar-refractivity contribution is 6.30. The number of nitrogens with zero attached hydrogens (tertiary/aromatic N) is 5. The van der Waals surface area contributed by atoms with Gasteiger partial charge < -0.3 is 14.2 Å². The van der Waals surface area contributed by atoms with Gasteiger partial charge in [-0.3, -0.25) is 4.90 Å². The van der Waals surface area contributed by atoms with E-state index in [9.17, 15) is 0 Å². The Hall–Kier alpha value is -1.90. The summed E-state index contributed by atoms with van der Waals surface area (Å²) in [6.45, 7) is 5.49. The monoisotopic (exact) mass is 381 g/mol. The molecule has 26 heavy (non-hydrogen) atoms. The van der Waals surface area contributed by atoms with E-state index >= 15 is 0 Å². The van der Waals surface area contributed by atoms with Crippen molar-refractivity contribution in [2.75, 3.05) is 33.4 Å². The zero-order valence-electron chi connectivity index (χ0n) is 15.3. The number of benzene rings is 1. The first-order chi connectivity index (χ1) is 12.6. The highest BCUT2D eigenvalue weighted by Crippen LogP contribution is 2.36. The Morgan fingerprint density at radius 2 is 2.23 bits per heavy atom. The van der Waals surface area contributed by atoms with Gasteiger partial charge >= 0.3 is 0 Å². The van der Waals surface area contributed by atoms with Gasteiger partial charge in [0.25, 0.3) is 0 Å². The van der Waals surface area contributed by atoms with Gasteiger partial charge in [0.2, 0.25) is 0 Å². The van der Waals surface area contributed by atoms with E-state index in [-0.39, 0.29) is 6.10 Å². The predicted octanol–water partition coefficient (Wildman–Crippen LogP) is 2.23. The molecule has 1 unspecified atom stereocenters. The lowest BCUT2D eigenvalue weighted by atomic mass is 10.1. The number of rotatable bonds is 7. The summed E-state index contributed by atoms with van der Waals surface area (Å²) >= 11 is 6.27. The molecule has 2 aromatic rings. The second-order valence-electron chi connectivity index (χ2n) is 6.20. The molecule has 8 nitrogen and oxygen atoms in total. The molecule has 1 atom stereocenters. The van der Waals surface area contributed by atoms with Crippen molar-refractivity contribution in [2.24, 2.45) is 7.05 Å². The number of ether oxygens (including phenoxy) is 3. The van der Waals surface area contributed by atoms with Crippen molar-refractivity contribution >= 4 is 11.6 Å². The molecular weight excluding hydrogens is 358 g/mol. The molecule has 1 aliphatic heterocycles. The van der Waals surface area contributed by atoms with Gasteiger partial charge in [-0.05, 0) is 22.9 Å². The molecule has 3 rings (SSSR count). The van der Waals surface area contributed by atoms with E-state index in [0.29, 0.717) is 37.1 Å². The van der Waals surface area contributed by atoms with Crippen molar-refractivity contribution in [3.8, 4) is 11.5 Å². The van der Waals surface area contributed by atoms with E-state index < -0.39 is 0 Å². The highest BCUT2D eigenvalue weighted by Gasteiger charge is 2.27. The minimum Gasteiger partial charge on any atom is -0.493 e. The van der Waals surface area contributed by atoms with Crippen LogP contribution in [0.2, 0.25) is 5.02 Å². The van der Waals surface area contributed by atoms with Gasteiger partial charge in [-0.15, -0.1) is 5.10 Å². The normalized spacial score (nSPS) is 18.1. The van der Waals surface area contributed by atoms with Crippen molar-refractivity contribution in [2.45, 2.75) is 26.0 Å². The van der Waals surface area contributed by atoms with E-state index in [1.807, 2.05) is 13.1 Å². The first kappa shape index (κ1) is 18.9. The second kappa shape index (κ2) is 8.66. The van der Waals surface area contributed by atoms with Crippen LogP contribution in [-0.4, -0.2) is 58.5 Å². The number of halogens is 1. The number of methoxy groups -OCH3 is 1. The lowest BCUT2D eigenvalue weighted by Crippen LogP contribution is -2.38. The molecule has 0 spiro atoms. The van der Waals surface area contributed by atoms with Crippen molar-refractivity contribution in [3.63, 3.8) is 0 Å². The van der Waals surface area contributed by atoms with Crippen LogP contribution in [-0.2, 0) is 18.3 Å². The summed E-state index contributed by atoms with van der Waals surface area (Å²) in [5, 5.41) is 12.3. The van der Waals surface area contributed by atoms with E-state index in [4.69, 9.17) is 25.8 Å². The van der Waals surface area contributed by atoms with Crippen LogP contribution in [0.4, 0.5) is 0 Å². The molecule has 9 heteroatoms. The van der Waals surface area contributed by atoms with Crippen molar-refractivity contribution in [3.05, 3.63) is 28.5 Å². The third-order valence-corrected chi connectivity index (χ3v) is 4.47. The maximum Gasteiger partial charge on any atom is 0.181 e. The van der Waals surface area contributed by atoms with Gasteiger partial charge in [-0.2, -0.15) is 0 Å². The van der Waals surface area contributed by atoms with Crippen LogP contribution in [0.25, 0.3) is 0 Å². The average molecular weight is 382 g/mol. The van der Waals surface area contributed by atoms with Crippen LogP contribution in [0.1, 0.15) is 30.8 Å². The largest absolute Gasteiger partial charge is 0.493 e. The van der Waals surface area contributed by atoms with E-state index in [2.05, 4.69) is 27.3 Å². The van der Waals surface area contributed by atoms with Gasteiger partial charge in [0.1, 0.15) is 6.10 Å². The quantitative estimate of drug-likeness (QED) is 0.728. The number of tetrazole rings is 1. The van der Waals surface area contributed by atoms with E-state index in [1.54, 1.807) is 17.9 Å². The van der Waals surface area contributed by atoms with Crippen molar-refractivity contribution in [1.29, 1.82) is 0 Å². The van der Waals surface area contributed by atoms with Crippen LogP contribution < -0.4 is 9.47 Å². The number of aromatic nitrogens is 4. The highest BCUT2D eigenvalue weighted by atomic mass is 35.5. The molecule has 2 heterocycles. The number of hydrogen-bond donors (Lipinski definition) is 0. The van der Waals surface area contributed by atoms with Gasteiger partial charge in [0.15, 0.2) is 17.3 Å². The van der Waals surface area contributed by atoms with Gasteiger partial charge in [-0.1, -0.05) is 18.5 Å². The lowest BCUT2D eigenvalue weighted by Gasteiger charge is -2.32. The van der Waals surface area contributed by atoms with Crippen LogP contribution in [0.5, 0.6) is 11.5 Å². The third kappa shape index (κ3) is 4.25. The molecule has 0 N–H and O–H groups in total. The zero-order chi connectivity index (χ0) is 18.5. The van der Waals surface area contributed by atoms with Crippen LogP contribution >= 0.6 is 11.6 Å². The number of aryl methyl sites for hydroxylation is 1. The van der Waals surface area contributed by atoms with Crippen LogP contribution in [0.15, 0.2) is 12.1 Å². The lowest BCUT2D eigenvalue weighted by molar-refractivity contribution is -0.0391. The smallest absolute Gasteiger partial charge is 0.181 e. The molecule has 1 fully saturated rings. The first-order valence-corrected chi connectivity index (χ1v) is 9.05. The van der Waals surface area contributed by atoms with Crippen LogP contribution in [0, 0.1) is 0 Å². The Kier molecular flexibility index (Phi) is 6.29. The molecule has 0 saturated carbocycles. The summed E-state index contributed by atoms with van der Waals surface area (Å²) in [5.41, 5.74) is 1.000. The molecule has 0 bridgehead atoms. The molecule has 1 aromatic carbocycles. The summed E-state index contributed by atoms with van der Waals surface area (Å²) in [5.74, 6) is 2.13. The number of hydrogen-bond acceptors (Lipinski definition) is 7. The predicted molar refractivity (Wildman–Crippen MR) is 96.6 cm³/mol. The van der Waals surface area contributed by atoms with Crippen molar-refractivity contribution < 1.29 is 14.2 Å². The summed E-state index contributed by atoms with van der Waals surface area (Å²) in [7, 11) is 3.44. The Morgan fingerprint density at radius 1 is 1.38 bits per heavy atom. The standard InChI is InChI=1S/C17H24ClN5O3/c1-4-6-26-16-12(8-13(18)9-14(16)24-3)10-23-5-7-25-15(11-23)17-19-20-21-22(17)2/h8-9,15H,4-7,10-11H2,1-3H3. The molecule has 0 radical (unpaired) electrons. The SMILES string of the molecule is CCCOc1c(CN2CCOC(c3nnnn3C)C2)cc(Cl)cc1OC. The third-order valence-electron chi connectivity index (χ3n) is 4.25. The number of morpholine rings is 1. The minimum atomic E-state index is -0.162. The van der Waals surface area contributed by atoms with E-state index in [1.165, 1.54) is 0 Å². The van der Waals surface area contributed by atoms with E-state index in [0.717, 1.165) is 30.1 Å². The average Bonchev–Trinajstić information content (AvgIpc) is 3.06. The van der Waals surface area contributed by atoms with Crippen LogP contribution in [0.3, 0.4) is 0 Å². The molecule has 0 amide bonds. The molecule has 1 aliphatic rings.